The van der Waals surface area contributed by atoms with Gasteiger partial charge in [0.1, 0.15) is 11.5 Å². The van der Waals surface area contributed by atoms with E-state index in [0.29, 0.717) is 18.0 Å². The van der Waals surface area contributed by atoms with Crippen molar-refractivity contribution in [1.82, 2.24) is 24.2 Å². The van der Waals surface area contributed by atoms with E-state index in [1.165, 1.54) is 29.2 Å². The molecule has 2 saturated heterocycles. The molecule has 0 aromatic carbocycles. The maximum atomic E-state index is 5.12. The van der Waals surface area contributed by atoms with Gasteiger partial charge in [0.2, 0.25) is 0 Å². The summed E-state index contributed by atoms with van der Waals surface area (Å²) in [6.07, 6.45) is 7.75. The van der Waals surface area contributed by atoms with Crippen molar-refractivity contribution >= 4 is 11.5 Å². The molecular weight excluding hydrogens is 408 g/mol. The van der Waals surface area contributed by atoms with Gasteiger partial charge in [-0.05, 0) is 62.5 Å². The molecule has 5 heterocycles. The van der Waals surface area contributed by atoms with Gasteiger partial charge in [0.15, 0.2) is 0 Å². The van der Waals surface area contributed by atoms with Crippen LogP contribution in [0.3, 0.4) is 0 Å². The molecule has 0 amide bonds. The highest BCUT2D eigenvalue weighted by molar-refractivity contribution is 5.53. The summed E-state index contributed by atoms with van der Waals surface area (Å²) in [6, 6.07) is 11.5. The second kappa shape index (κ2) is 9.43. The Balaban J connectivity index is 1.44. The largest absolute Gasteiger partial charge is 0.355 e. The van der Waals surface area contributed by atoms with Crippen LogP contribution in [0.4, 0.5) is 5.82 Å². The average molecular weight is 447 g/mol. The first-order chi connectivity index (χ1) is 16.1. The van der Waals surface area contributed by atoms with Crippen LogP contribution in [0, 0.1) is 0 Å². The lowest BCUT2D eigenvalue weighted by molar-refractivity contribution is 0.109. The van der Waals surface area contributed by atoms with Crippen molar-refractivity contribution in [1.29, 1.82) is 0 Å². The lowest BCUT2D eigenvalue weighted by Crippen LogP contribution is -2.46. The van der Waals surface area contributed by atoms with Crippen molar-refractivity contribution in [2.75, 3.05) is 44.7 Å². The van der Waals surface area contributed by atoms with E-state index in [1.54, 1.807) is 0 Å². The fourth-order valence-electron chi connectivity index (χ4n) is 5.74. The molecule has 6 heteroatoms. The molecule has 0 N–H and O–H groups in total. The number of likely N-dealkylation sites (N-methyl/N-ethyl adjacent to an activating group) is 1. The molecule has 0 radical (unpaired) electrons. The number of imidazole rings is 1. The predicted octanol–water partition coefficient (Wildman–Crippen LogP) is 4.89. The summed E-state index contributed by atoms with van der Waals surface area (Å²) in [5.41, 5.74) is 4.86. The third-order valence-electron chi connectivity index (χ3n) is 7.72. The van der Waals surface area contributed by atoms with Crippen molar-refractivity contribution in [3.8, 4) is 0 Å². The molecule has 3 aromatic rings. The highest BCUT2D eigenvalue weighted by Gasteiger charge is 2.33. The quantitative estimate of drug-likeness (QED) is 0.558. The van der Waals surface area contributed by atoms with Crippen LogP contribution in [0.15, 0.2) is 42.7 Å². The minimum atomic E-state index is 0.315. The number of pyridine rings is 2. The van der Waals surface area contributed by atoms with E-state index >= 15 is 0 Å². The molecule has 0 bridgehead atoms. The van der Waals surface area contributed by atoms with Gasteiger partial charge in [-0.1, -0.05) is 32.9 Å². The molecule has 2 atom stereocenters. The Morgan fingerprint density at radius 3 is 2.55 bits per heavy atom. The standard InChI is InChI=1S/C27H38N6/c1-5-31-15-17-32(18-16-31)26-13-7-12-25-29-22(19-33(25)26)23-10-6-11-24(30(23)4)27-21(20(2)3)9-8-14-28-27/h7-9,12-14,19-20,23-24H,5-6,10-11,15-18H2,1-4H3. The average Bonchev–Trinajstić information content (AvgIpc) is 3.28. The number of aromatic nitrogens is 3. The van der Waals surface area contributed by atoms with Crippen molar-refractivity contribution < 1.29 is 0 Å². The molecule has 2 aliphatic rings. The van der Waals surface area contributed by atoms with Crippen LogP contribution in [0.2, 0.25) is 0 Å². The Morgan fingerprint density at radius 1 is 1.00 bits per heavy atom. The maximum absolute atomic E-state index is 5.12. The minimum absolute atomic E-state index is 0.315. The molecule has 5 rings (SSSR count). The van der Waals surface area contributed by atoms with Crippen molar-refractivity contribution in [2.24, 2.45) is 0 Å². The van der Waals surface area contributed by atoms with Gasteiger partial charge in [-0.15, -0.1) is 0 Å². The number of fused-ring (bicyclic) bond motifs is 1. The van der Waals surface area contributed by atoms with E-state index in [9.17, 15) is 0 Å². The fraction of sp³-hybridized carbons (Fsp3) is 0.556. The molecule has 2 fully saturated rings. The predicted molar refractivity (Wildman–Crippen MR) is 135 cm³/mol. The van der Waals surface area contributed by atoms with E-state index in [2.05, 4.69) is 83.4 Å². The number of piperidine rings is 1. The number of likely N-dealkylation sites (tertiary alicyclic amines) is 1. The zero-order chi connectivity index (χ0) is 22.9. The Bertz CT molecular complexity index is 1080. The second-order valence-corrected chi connectivity index (χ2v) is 9.96. The molecule has 2 unspecified atom stereocenters. The molecule has 176 valence electrons. The Hall–Kier alpha value is -2.44. The zero-order valence-corrected chi connectivity index (χ0v) is 20.6. The number of nitrogens with zero attached hydrogens (tertiary/aromatic N) is 6. The lowest BCUT2D eigenvalue weighted by Gasteiger charge is -2.39. The topological polar surface area (TPSA) is 39.9 Å². The van der Waals surface area contributed by atoms with Gasteiger partial charge in [0.25, 0.3) is 0 Å². The first-order valence-electron chi connectivity index (χ1n) is 12.7. The van der Waals surface area contributed by atoms with E-state index < -0.39 is 0 Å². The smallest absolute Gasteiger partial charge is 0.138 e. The van der Waals surface area contributed by atoms with Gasteiger partial charge in [0.05, 0.1) is 23.5 Å². The molecule has 0 saturated carbocycles. The Kier molecular flexibility index (Phi) is 6.39. The zero-order valence-electron chi connectivity index (χ0n) is 20.6. The first kappa shape index (κ1) is 22.4. The van der Waals surface area contributed by atoms with Gasteiger partial charge in [-0.2, -0.15) is 0 Å². The van der Waals surface area contributed by atoms with Crippen molar-refractivity contribution in [2.45, 2.75) is 58.0 Å². The molecule has 6 nitrogen and oxygen atoms in total. The highest BCUT2D eigenvalue weighted by atomic mass is 15.3. The van der Waals surface area contributed by atoms with Gasteiger partial charge in [-0.25, -0.2) is 4.98 Å². The highest BCUT2D eigenvalue weighted by Crippen LogP contribution is 2.41. The number of hydrogen-bond acceptors (Lipinski definition) is 5. The second-order valence-electron chi connectivity index (χ2n) is 9.96. The van der Waals surface area contributed by atoms with Crippen LogP contribution in [-0.4, -0.2) is 63.9 Å². The Morgan fingerprint density at radius 2 is 1.79 bits per heavy atom. The van der Waals surface area contributed by atoms with Crippen LogP contribution in [-0.2, 0) is 0 Å². The number of rotatable bonds is 5. The molecule has 0 aliphatic carbocycles. The van der Waals surface area contributed by atoms with Crippen LogP contribution >= 0.6 is 0 Å². The fourth-order valence-corrected chi connectivity index (χ4v) is 5.74. The van der Waals surface area contributed by atoms with E-state index in [0.717, 1.165) is 51.2 Å². The summed E-state index contributed by atoms with van der Waals surface area (Å²) >= 11 is 0. The Labute approximate surface area is 198 Å². The number of anilines is 1. The SMILES string of the molecule is CCN1CCN(c2cccc3nc(C4CCCC(c5ncccc5C(C)C)N4C)cn23)CC1. The van der Waals surface area contributed by atoms with Gasteiger partial charge >= 0.3 is 0 Å². The van der Waals surface area contributed by atoms with Gasteiger partial charge in [-0.3, -0.25) is 14.3 Å². The van der Waals surface area contributed by atoms with E-state index in [-0.39, 0.29) is 0 Å². The van der Waals surface area contributed by atoms with Crippen LogP contribution in [0.5, 0.6) is 0 Å². The third kappa shape index (κ3) is 4.26. The van der Waals surface area contributed by atoms with Crippen LogP contribution in [0.25, 0.3) is 5.65 Å². The molecule has 33 heavy (non-hydrogen) atoms. The van der Waals surface area contributed by atoms with Crippen molar-refractivity contribution in [3.05, 3.63) is 59.7 Å². The minimum Gasteiger partial charge on any atom is -0.355 e. The van der Waals surface area contributed by atoms with E-state index in [1.807, 2.05) is 6.20 Å². The monoisotopic (exact) mass is 446 g/mol. The normalized spacial score (nSPS) is 23.0. The number of hydrogen-bond donors (Lipinski definition) is 0. The number of piperazine rings is 1. The summed E-state index contributed by atoms with van der Waals surface area (Å²) in [5.74, 6) is 1.75. The van der Waals surface area contributed by atoms with Gasteiger partial charge in [0, 0.05) is 38.6 Å². The summed E-state index contributed by atoms with van der Waals surface area (Å²) in [7, 11) is 2.27. The summed E-state index contributed by atoms with van der Waals surface area (Å²) in [5, 5.41) is 0. The molecule has 0 spiro atoms. The molecule has 2 aliphatic heterocycles. The summed E-state index contributed by atoms with van der Waals surface area (Å²) in [6.45, 7) is 12.3. The molecule has 3 aromatic heterocycles. The maximum Gasteiger partial charge on any atom is 0.138 e. The summed E-state index contributed by atoms with van der Waals surface area (Å²) < 4.78 is 2.31. The van der Waals surface area contributed by atoms with Crippen LogP contribution < -0.4 is 4.90 Å². The summed E-state index contributed by atoms with van der Waals surface area (Å²) in [4.78, 5) is 17.5. The molecular formula is C27H38N6. The lowest BCUT2D eigenvalue weighted by atomic mass is 9.88. The van der Waals surface area contributed by atoms with E-state index in [4.69, 9.17) is 9.97 Å². The first-order valence-corrected chi connectivity index (χ1v) is 12.7. The van der Waals surface area contributed by atoms with Gasteiger partial charge < -0.3 is 9.80 Å². The third-order valence-corrected chi connectivity index (χ3v) is 7.72. The van der Waals surface area contributed by atoms with Crippen molar-refractivity contribution in [3.63, 3.8) is 0 Å². The van der Waals surface area contributed by atoms with Crippen LogP contribution in [0.1, 0.15) is 75.0 Å².